The van der Waals surface area contributed by atoms with Crippen molar-refractivity contribution in [2.24, 2.45) is 11.7 Å². The second kappa shape index (κ2) is 4.55. The molecule has 0 saturated heterocycles. The van der Waals surface area contributed by atoms with Gasteiger partial charge in [0.2, 0.25) is 5.91 Å². The third kappa shape index (κ3) is 2.45. The predicted molar refractivity (Wildman–Crippen MR) is 67.5 cm³/mol. The van der Waals surface area contributed by atoms with Crippen LogP contribution in [0.25, 0.3) is 10.9 Å². The van der Waals surface area contributed by atoms with Gasteiger partial charge < -0.3 is 11.1 Å². The first kappa shape index (κ1) is 11.6. The second-order valence-corrected chi connectivity index (χ2v) is 4.43. The average Bonchev–Trinajstić information content (AvgIpc) is 2.74. The maximum absolute atomic E-state index is 11.8. The molecule has 1 aromatic heterocycles. The number of carbonyl (C=O) groups is 1. The van der Waals surface area contributed by atoms with Crippen LogP contribution in [0.3, 0.4) is 0 Å². The van der Waals surface area contributed by atoms with E-state index in [0.29, 0.717) is 0 Å². The average molecular weight is 232 g/mol. The molecule has 1 aromatic carbocycles. The Kier molecular flexibility index (Phi) is 3.10. The van der Waals surface area contributed by atoms with E-state index in [4.69, 9.17) is 5.73 Å². The summed E-state index contributed by atoms with van der Waals surface area (Å²) in [5, 5.41) is 10.5. The number of amides is 1. The summed E-state index contributed by atoms with van der Waals surface area (Å²) in [6.45, 7) is 3.84. The standard InChI is InChI=1S/C12H16N4O/c1-7(2)11(13)12(17)15-9-3-4-10-8(5-9)6-14-16-10/h3-7,11H,13H2,1-2H3,(H,14,16)(H,15,17). The van der Waals surface area contributed by atoms with Crippen LogP contribution >= 0.6 is 0 Å². The molecule has 1 atom stereocenters. The Morgan fingerprint density at radius 1 is 1.47 bits per heavy atom. The van der Waals surface area contributed by atoms with Gasteiger partial charge in [-0.2, -0.15) is 5.10 Å². The number of hydrogen-bond acceptors (Lipinski definition) is 3. The molecule has 2 rings (SSSR count). The summed E-state index contributed by atoms with van der Waals surface area (Å²) < 4.78 is 0. The summed E-state index contributed by atoms with van der Waals surface area (Å²) in [4.78, 5) is 11.8. The van der Waals surface area contributed by atoms with Crippen LogP contribution in [-0.4, -0.2) is 22.1 Å². The topological polar surface area (TPSA) is 83.8 Å². The highest BCUT2D eigenvalue weighted by molar-refractivity contribution is 5.96. The normalized spacial score (nSPS) is 12.9. The maximum atomic E-state index is 11.8. The van der Waals surface area contributed by atoms with Gasteiger partial charge in [0.05, 0.1) is 17.8 Å². The van der Waals surface area contributed by atoms with Gasteiger partial charge in [-0.25, -0.2) is 0 Å². The van der Waals surface area contributed by atoms with Gasteiger partial charge in [0.1, 0.15) is 0 Å². The molecule has 0 aliphatic rings. The van der Waals surface area contributed by atoms with Crippen LogP contribution in [0.15, 0.2) is 24.4 Å². The number of anilines is 1. The highest BCUT2D eigenvalue weighted by atomic mass is 16.2. The molecule has 1 unspecified atom stereocenters. The molecule has 0 bridgehead atoms. The van der Waals surface area contributed by atoms with Crippen LogP contribution in [-0.2, 0) is 4.79 Å². The summed E-state index contributed by atoms with van der Waals surface area (Å²) in [5.74, 6) is -0.0458. The number of nitrogens with one attached hydrogen (secondary N) is 2. The molecule has 0 fully saturated rings. The minimum atomic E-state index is -0.491. The van der Waals surface area contributed by atoms with E-state index in [1.807, 2.05) is 32.0 Å². The van der Waals surface area contributed by atoms with Gasteiger partial charge in [-0.05, 0) is 24.1 Å². The number of rotatable bonds is 3. The number of fused-ring (bicyclic) bond motifs is 1. The van der Waals surface area contributed by atoms with Gasteiger partial charge in [0.25, 0.3) is 0 Å². The van der Waals surface area contributed by atoms with E-state index in [9.17, 15) is 4.79 Å². The van der Waals surface area contributed by atoms with Crippen molar-refractivity contribution in [2.45, 2.75) is 19.9 Å². The number of aromatic amines is 1. The summed E-state index contributed by atoms with van der Waals surface area (Å²) in [5.41, 5.74) is 7.45. The molecule has 0 aliphatic heterocycles. The lowest BCUT2D eigenvalue weighted by molar-refractivity contribution is -0.118. The zero-order valence-corrected chi connectivity index (χ0v) is 9.90. The highest BCUT2D eigenvalue weighted by Gasteiger charge is 2.17. The minimum Gasteiger partial charge on any atom is -0.325 e. The first-order valence-corrected chi connectivity index (χ1v) is 5.57. The van der Waals surface area contributed by atoms with Gasteiger partial charge in [0.15, 0.2) is 0 Å². The first-order valence-electron chi connectivity index (χ1n) is 5.57. The smallest absolute Gasteiger partial charge is 0.241 e. The van der Waals surface area contributed by atoms with E-state index in [2.05, 4.69) is 15.5 Å². The Bertz CT molecular complexity index is 532. The summed E-state index contributed by atoms with van der Waals surface area (Å²) in [6, 6.07) is 5.07. The van der Waals surface area contributed by atoms with Crippen molar-refractivity contribution in [3.8, 4) is 0 Å². The molecule has 0 aliphatic carbocycles. The molecule has 90 valence electrons. The van der Waals surface area contributed by atoms with E-state index in [-0.39, 0.29) is 11.8 Å². The van der Waals surface area contributed by atoms with Crippen molar-refractivity contribution in [1.82, 2.24) is 10.2 Å². The molecule has 17 heavy (non-hydrogen) atoms. The zero-order chi connectivity index (χ0) is 12.4. The van der Waals surface area contributed by atoms with Crippen molar-refractivity contribution >= 4 is 22.5 Å². The lowest BCUT2D eigenvalue weighted by Gasteiger charge is -2.15. The van der Waals surface area contributed by atoms with Crippen molar-refractivity contribution in [3.05, 3.63) is 24.4 Å². The molecule has 0 saturated carbocycles. The Hall–Kier alpha value is -1.88. The van der Waals surface area contributed by atoms with E-state index >= 15 is 0 Å². The van der Waals surface area contributed by atoms with Crippen LogP contribution in [0.2, 0.25) is 0 Å². The lowest BCUT2D eigenvalue weighted by atomic mass is 10.0. The molecular formula is C12H16N4O. The Morgan fingerprint density at radius 2 is 2.24 bits per heavy atom. The fourth-order valence-corrected chi connectivity index (χ4v) is 1.55. The number of nitrogens with zero attached hydrogens (tertiary/aromatic N) is 1. The Morgan fingerprint density at radius 3 is 2.94 bits per heavy atom. The quantitative estimate of drug-likeness (QED) is 0.749. The number of H-pyrrole nitrogens is 1. The summed E-state index contributed by atoms with van der Waals surface area (Å²) >= 11 is 0. The van der Waals surface area contributed by atoms with Crippen molar-refractivity contribution in [1.29, 1.82) is 0 Å². The largest absolute Gasteiger partial charge is 0.325 e. The van der Waals surface area contributed by atoms with Gasteiger partial charge in [-0.3, -0.25) is 9.89 Å². The van der Waals surface area contributed by atoms with Gasteiger partial charge in [-0.15, -0.1) is 0 Å². The molecule has 0 radical (unpaired) electrons. The minimum absolute atomic E-state index is 0.118. The van der Waals surface area contributed by atoms with E-state index in [1.165, 1.54) is 0 Å². The molecular weight excluding hydrogens is 216 g/mol. The van der Waals surface area contributed by atoms with Crippen molar-refractivity contribution in [3.63, 3.8) is 0 Å². The molecule has 5 nitrogen and oxygen atoms in total. The van der Waals surface area contributed by atoms with Crippen LogP contribution in [0, 0.1) is 5.92 Å². The zero-order valence-electron chi connectivity index (χ0n) is 9.90. The van der Waals surface area contributed by atoms with Crippen LogP contribution in [0.1, 0.15) is 13.8 Å². The Balaban J connectivity index is 2.15. The van der Waals surface area contributed by atoms with Crippen LogP contribution in [0.5, 0.6) is 0 Å². The van der Waals surface area contributed by atoms with E-state index in [1.54, 1.807) is 6.20 Å². The van der Waals surface area contributed by atoms with Crippen LogP contribution in [0.4, 0.5) is 5.69 Å². The summed E-state index contributed by atoms with van der Waals surface area (Å²) in [6.07, 6.45) is 1.72. The number of nitrogens with two attached hydrogens (primary N) is 1. The third-order valence-corrected chi connectivity index (χ3v) is 2.73. The second-order valence-electron chi connectivity index (χ2n) is 4.43. The van der Waals surface area contributed by atoms with E-state index < -0.39 is 6.04 Å². The predicted octanol–water partition coefficient (Wildman–Crippen LogP) is 1.48. The molecule has 4 N–H and O–H groups in total. The molecule has 0 spiro atoms. The SMILES string of the molecule is CC(C)C(N)C(=O)Nc1ccc2[nH]ncc2c1. The van der Waals surface area contributed by atoms with Gasteiger partial charge >= 0.3 is 0 Å². The van der Waals surface area contributed by atoms with Gasteiger partial charge in [0, 0.05) is 11.1 Å². The van der Waals surface area contributed by atoms with E-state index in [0.717, 1.165) is 16.6 Å². The number of carbonyl (C=O) groups excluding carboxylic acids is 1. The van der Waals surface area contributed by atoms with Crippen LogP contribution < -0.4 is 11.1 Å². The lowest BCUT2D eigenvalue weighted by Crippen LogP contribution is -2.39. The number of benzene rings is 1. The Labute approximate surface area is 99.4 Å². The first-order chi connectivity index (χ1) is 8.08. The molecule has 2 aromatic rings. The maximum Gasteiger partial charge on any atom is 0.241 e. The highest BCUT2D eigenvalue weighted by Crippen LogP contribution is 2.17. The third-order valence-electron chi connectivity index (χ3n) is 2.73. The fraction of sp³-hybridized carbons (Fsp3) is 0.333. The number of aromatic nitrogens is 2. The van der Waals surface area contributed by atoms with Crippen molar-refractivity contribution in [2.75, 3.05) is 5.32 Å². The molecule has 1 heterocycles. The fourth-order valence-electron chi connectivity index (χ4n) is 1.55. The van der Waals surface area contributed by atoms with Crippen molar-refractivity contribution < 1.29 is 4.79 Å². The molecule has 5 heteroatoms. The number of hydrogen-bond donors (Lipinski definition) is 3. The summed E-state index contributed by atoms with van der Waals surface area (Å²) in [7, 11) is 0. The van der Waals surface area contributed by atoms with Gasteiger partial charge in [-0.1, -0.05) is 13.8 Å². The molecule has 1 amide bonds. The monoisotopic (exact) mass is 232 g/mol.